The maximum atomic E-state index is 11.7. The summed E-state index contributed by atoms with van der Waals surface area (Å²) in [7, 11) is 1.53. The summed E-state index contributed by atoms with van der Waals surface area (Å²) in [6.45, 7) is 1.90. The Morgan fingerprint density at radius 2 is 2.00 bits per heavy atom. The summed E-state index contributed by atoms with van der Waals surface area (Å²) in [5.74, 6) is 0. The largest absolute Gasteiger partial charge is 0.417 e. The highest BCUT2D eigenvalue weighted by atomic mass is 127. The van der Waals surface area contributed by atoms with Crippen LogP contribution in [0.2, 0.25) is 0 Å². The zero-order chi connectivity index (χ0) is 11.7. The Morgan fingerprint density at radius 3 is 2.50 bits per heavy atom. The van der Waals surface area contributed by atoms with Crippen molar-refractivity contribution in [1.82, 2.24) is 0 Å². The van der Waals surface area contributed by atoms with Gasteiger partial charge in [0, 0.05) is 16.4 Å². The van der Waals surface area contributed by atoms with Crippen LogP contribution in [0.25, 0.3) is 0 Å². The minimum absolute atomic E-state index is 0.113. The second-order valence-corrected chi connectivity index (χ2v) is 4.82. The van der Waals surface area contributed by atoms with Crippen LogP contribution in [-0.2, 0) is 9.47 Å². The molecule has 1 aliphatic rings. The zero-order valence-corrected chi connectivity index (χ0v) is 11.2. The van der Waals surface area contributed by atoms with E-state index in [9.17, 15) is 4.79 Å². The van der Waals surface area contributed by atoms with Gasteiger partial charge in [0.15, 0.2) is 0 Å². The van der Waals surface area contributed by atoms with E-state index in [4.69, 9.17) is 9.47 Å². The third kappa shape index (κ3) is 2.01. The molecular formula is C11H12INO3. The molecule has 0 saturated carbocycles. The first-order valence-electron chi connectivity index (χ1n) is 4.91. The molecule has 16 heavy (non-hydrogen) atoms. The van der Waals surface area contributed by atoms with Crippen LogP contribution >= 0.6 is 22.6 Å². The highest BCUT2D eigenvalue weighted by Crippen LogP contribution is 2.27. The minimum Gasteiger partial charge on any atom is -0.417 e. The molecule has 1 amide bonds. The molecule has 5 heteroatoms. The summed E-state index contributed by atoms with van der Waals surface area (Å²) in [6, 6.07) is 7.60. The molecule has 1 saturated heterocycles. The van der Waals surface area contributed by atoms with Gasteiger partial charge in [0.05, 0.1) is 0 Å². The number of hydrogen-bond acceptors (Lipinski definition) is 3. The Hall–Kier alpha value is -0.820. The molecule has 1 aliphatic heterocycles. The SMILES string of the molecule is COC1OC(=O)N(c2ccc(I)cc2)C1C. The molecule has 2 rings (SSSR count). The summed E-state index contributed by atoms with van der Waals surface area (Å²) < 4.78 is 11.3. The lowest BCUT2D eigenvalue weighted by Gasteiger charge is -2.19. The monoisotopic (exact) mass is 333 g/mol. The van der Waals surface area contributed by atoms with Crippen molar-refractivity contribution in [3.63, 3.8) is 0 Å². The van der Waals surface area contributed by atoms with Crippen LogP contribution in [-0.4, -0.2) is 25.5 Å². The van der Waals surface area contributed by atoms with Crippen molar-refractivity contribution in [3.8, 4) is 0 Å². The number of amides is 1. The predicted molar refractivity (Wildman–Crippen MR) is 68.4 cm³/mol. The number of hydrogen-bond donors (Lipinski definition) is 0. The Morgan fingerprint density at radius 1 is 1.38 bits per heavy atom. The van der Waals surface area contributed by atoms with Crippen molar-refractivity contribution in [2.75, 3.05) is 12.0 Å². The Bertz CT molecular complexity index is 393. The summed E-state index contributed by atoms with van der Waals surface area (Å²) >= 11 is 2.22. The molecule has 2 atom stereocenters. The van der Waals surface area contributed by atoms with Gasteiger partial charge in [-0.3, -0.25) is 4.90 Å². The highest BCUT2D eigenvalue weighted by molar-refractivity contribution is 14.1. The number of benzene rings is 1. The fourth-order valence-corrected chi connectivity index (χ4v) is 2.09. The van der Waals surface area contributed by atoms with Crippen LogP contribution in [0.15, 0.2) is 24.3 Å². The molecule has 0 aliphatic carbocycles. The van der Waals surface area contributed by atoms with Crippen molar-refractivity contribution >= 4 is 34.4 Å². The van der Waals surface area contributed by atoms with Gasteiger partial charge in [-0.25, -0.2) is 4.79 Å². The first-order chi connectivity index (χ1) is 7.63. The van der Waals surface area contributed by atoms with Crippen LogP contribution in [0, 0.1) is 3.57 Å². The van der Waals surface area contributed by atoms with Gasteiger partial charge in [0.2, 0.25) is 6.29 Å². The topological polar surface area (TPSA) is 38.8 Å². The Labute approximate surface area is 108 Å². The van der Waals surface area contributed by atoms with Crippen molar-refractivity contribution in [1.29, 1.82) is 0 Å². The molecule has 1 aromatic rings. The maximum absolute atomic E-state index is 11.7. The number of carbonyl (C=O) groups excluding carboxylic acids is 1. The Balaban J connectivity index is 2.27. The fourth-order valence-electron chi connectivity index (χ4n) is 1.73. The van der Waals surface area contributed by atoms with Crippen LogP contribution < -0.4 is 4.90 Å². The normalized spacial score (nSPS) is 24.7. The van der Waals surface area contributed by atoms with Crippen LogP contribution in [0.5, 0.6) is 0 Å². The van der Waals surface area contributed by atoms with E-state index in [2.05, 4.69) is 22.6 Å². The molecule has 0 aromatic heterocycles. The summed E-state index contributed by atoms with van der Waals surface area (Å²) in [4.78, 5) is 13.3. The number of ether oxygens (including phenoxy) is 2. The number of cyclic esters (lactones) is 1. The smallest absolute Gasteiger partial charge is 0.417 e. The van der Waals surface area contributed by atoms with E-state index in [0.717, 1.165) is 9.26 Å². The van der Waals surface area contributed by atoms with E-state index >= 15 is 0 Å². The van der Waals surface area contributed by atoms with Crippen LogP contribution in [0.3, 0.4) is 0 Å². The second-order valence-electron chi connectivity index (χ2n) is 3.57. The lowest BCUT2D eigenvalue weighted by Crippen LogP contribution is -2.34. The highest BCUT2D eigenvalue weighted by Gasteiger charge is 2.39. The van der Waals surface area contributed by atoms with Crippen molar-refractivity contribution < 1.29 is 14.3 Å². The number of nitrogens with zero attached hydrogens (tertiary/aromatic N) is 1. The summed E-state index contributed by atoms with van der Waals surface area (Å²) in [6.07, 6.45) is -0.854. The lowest BCUT2D eigenvalue weighted by atomic mass is 10.2. The Kier molecular flexibility index (Phi) is 3.34. The first kappa shape index (κ1) is 11.7. The number of halogens is 1. The molecule has 0 bridgehead atoms. The van der Waals surface area contributed by atoms with E-state index in [-0.39, 0.29) is 12.1 Å². The molecule has 0 N–H and O–H groups in total. The van der Waals surface area contributed by atoms with Gasteiger partial charge in [-0.05, 0) is 53.8 Å². The van der Waals surface area contributed by atoms with Gasteiger partial charge in [-0.2, -0.15) is 0 Å². The molecule has 0 spiro atoms. The van der Waals surface area contributed by atoms with E-state index in [1.54, 1.807) is 4.90 Å². The molecule has 4 nitrogen and oxygen atoms in total. The van der Waals surface area contributed by atoms with Gasteiger partial charge in [0.25, 0.3) is 0 Å². The predicted octanol–water partition coefficient (Wildman–Crippen LogP) is 2.61. The van der Waals surface area contributed by atoms with E-state index in [1.807, 2.05) is 31.2 Å². The third-order valence-corrected chi connectivity index (χ3v) is 3.27. The number of methoxy groups -OCH3 is 1. The molecule has 1 aromatic carbocycles. The lowest BCUT2D eigenvalue weighted by molar-refractivity contribution is -0.0640. The van der Waals surface area contributed by atoms with Crippen molar-refractivity contribution in [2.24, 2.45) is 0 Å². The maximum Gasteiger partial charge on any atom is 0.417 e. The van der Waals surface area contributed by atoms with Gasteiger partial charge < -0.3 is 9.47 Å². The minimum atomic E-state index is -0.494. The van der Waals surface area contributed by atoms with E-state index in [0.29, 0.717) is 0 Å². The second kappa shape index (κ2) is 4.58. The van der Waals surface area contributed by atoms with Gasteiger partial charge in [-0.15, -0.1) is 0 Å². The average Bonchev–Trinajstić information content (AvgIpc) is 2.56. The molecular weight excluding hydrogens is 321 g/mol. The van der Waals surface area contributed by atoms with E-state index in [1.165, 1.54) is 7.11 Å². The van der Waals surface area contributed by atoms with E-state index < -0.39 is 6.29 Å². The average molecular weight is 333 g/mol. The number of rotatable bonds is 2. The number of anilines is 1. The molecule has 2 unspecified atom stereocenters. The summed E-state index contributed by atoms with van der Waals surface area (Å²) in [5, 5.41) is 0. The summed E-state index contributed by atoms with van der Waals surface area (Å²) in [5.41, 5.74) is 0.831. The molecule has 86 valence electrons. The quantitative estimate of drug-likeness (QED) is 0.781. The van der Waals surface area contributed by atoms with Gasteiger partial charge >= 0.3 is 6.09 Å². The van der Waals surface area contributed by atoms with Gasteiger partial charge in [-0.1, -0.05) is 0 Å². The molecule has 1 fully saturated rings. The van der Waals surface area contributed by atoms with Gasteiger partial charge in [0.1, 0.15) is 6.04 Å². The van der Waals surface area contributed by atoms with Crippen molar-refractivity contribution in [3.05, 3.63) is 27.8 Å². The van der Waals surface area contributed by atoms with Crippen LogP contribution in [0.4, 0.5) is 10.5 Å². The van der Waals surface area contributed by atoms with Crippen LogP contribution in [0.1, 0.15) is 6.92 Å². The zero-order valence-electron chi connectivity index (χ0n) is 9.01. The standard InChI is InChI=1S/C11H12INO3/c1-7-10(15-2)16-11(14)13(7)9-5-3-8(12)4-6-9/h3-7,10H,1-2H3. The fraction of sp³-hybridized carbons (Fsp3) is 0.364. The van der Waals surface area contributed by atoms with Crippen molar-refractivity contribution in [2.45, 2.75) is 19.3 Å². The molecule has 0 radical (unpaired) electrons. The number of carbonyl (C=O) groups is 1. The molecule has 1 heterocycles. The first-order valence-corrected chi connectivity index (χ1v) is 5.99. The third-order valence-electron chi connectivity index (χ3n) is 2.55.